The van der Waals surface area contributed by atoms with Gasteiger partial charge in [-0.25, -0.2) is 0 Å². The Morgan fingerprint density at radius 2 is 1.89 bits per heavy atom. The Hall–Kier alpha value is -1.25. The molecule has 28 heavy (non-hydrogen) atoms. The molecule has 0 N–H and O–H groups in total. The van der Waals surface area contributed by atoms with Crippen LogP contribution in [-0.2, 0) is 14.4 Å². The predicted molar refractivity (Wildman–Crippen MR) is 112 cm³/mol. The van der Waals surface area contributed by atoms with Crippen molar-refractivity contribution in [1.82, 2.24) is 0 Å². The molecule has 2 saturated carbocycles. The third-order valence-corrected chi connectivity index (χ3v) is 8.47. The van der Waals surface area contributed by atoms with E-state index in [-0.39, 0.29) is 34.9 Å². The van der Waals surface area contributed by atoms with Crippen LogP contribution in [0.15, 0.2) is 11.6 Å². The van der Waals surface area contributed by atoms with Gasteiger partial charge in [0.1, 0.15) is 11.6 Å². The van der Waals surface area contributed by atoms with Gasteiger partial charge < -0.3 is 0 Å². The van der Waals surface area contributed by atoms with Gasteiger partial charge in [-0.05, 0) is 74.2 Å². The first-order valence-corrected chi connectivity index (χ1v) is 11.3. The van der Waals surface area contributed by atoms with Gasteiger partial charge in [0.05, 0.1) is 0 Å². The smallest absolute Gasteiger partial charge is 0.155 e. The number of ketones is 3. The summed E-state index contributed by atoms with van der Waals surface area (Å²) in [7, 11) is 0. The molecule has 0 amide bonds. The summed E-state index contributed by atoms with van der Waals surface area (Å²) in [5.41, 5.74) is 0.680. The molecule has 0 aromatic heterocycles. The SMILES string of the molecule is CC(=O)C1=CCC(C)C1CCC(C)[C@H]1C[C@@]2(C)C(=O)[C@H](C(C)C)C[C@@H]2CC1=O. The first-order valence-electron chi connectivity index (χ1n) is 11.3. The van der Waals surface area contributed by atoms with Gasteiger partial charge in [0, 0.05) is 23.7 Å². The van der Waals surface area contributed by atoms with E-state index >= 15 is 0 Å². The van der Waals surface area contributed by atoms with Crippen molar-refractivity contribution < 1.29 is 14.4 Å². The Morgan fingerprint density at radius 1 is 1.21 bits per heavy atom. The maximum atomic E-state index is 13.1. The van der Waals surface area contributed by atoms with Gasteiger partial charge in [-0.1, -0.05) is 40.7 Å². The van der Waals surface area contributed by atoms with E-state index in [1.807, 2.05) is 0 Å². The van der Waals surface area contributed by atoms with E-state index in [4.69, 9.17) is 0 Å². The van der Waals surface area contributed by atoms with Crippen LogP contribution in [0.1, 0.15) is 80.1 Å². The lowest BCUT2D eigenvalue weighted by atomic mass is 9.61. The minimum atomic E-state index is -0.313. The molecule has 0 heterocycles. The Bertz CT molecular complexity index is 688. The summed E-state index contributed by atoms with van der Waals surface area (Å²) < 4.78 is 0. The quantitative estimate of drug-likeness (QED) is 0.612. The van der Waals surface area contributed by atoms with Gasteiger partial charge in [-0.3, -0.25) is 14.4 Å². The molecule has 3 aliphatic rings. The molecule has 0 saturated heterocycles. The van der Waals surface area contributed by atoms with Crippen molar-refractivity contribution in [2.45, 2.75) is 80.1 Å². The summed E-state index contributed by atoms with van der Waals surface area (Å²) in [5.74, 6) is 2.82. The second-order valence-corrected chi connectivity index (χ2v) is 10.6. The zero-order chi connectivity index (χ0) is 20.8. The van der Waals surface area contributed by atoms with Gasteiger partial charge in [0.15, 0.2) is 5.78 Å². The third-order valence-electron chi connectivity index (χ3n) is 8.47. The lowest BCUT2D eigenvalue weighted by Gasteiger charge is -2.40. The highest BCUT2D eigenvalue weighted by atomic mass is 16.1. The summed E-state index contributed by atoms with van der Waals surface area (Å²) in [4.78, 5) is 38.0. The molecule has 0 aliphatic heterocycles. The van der Waals surface area contributed by atoms with Crippen LogP contribution in [0.2, 0.25) is 0 Å². The van der Waals surface area contributed by atoms with E-state index in [2.05, 4.69) is 40.7 Å². The van der Waals surface area contributed by atoms with Crippen LogP contribution >= 0.6 is 0 Å². The van der Waals surface area contributed by atoms with Crippen molar-refractivity contribution in [1.29, 1.82) is 0 Å². The standard InChI is InChI=1S/C25H38O3/c1-14(2)21-11-18-12-23(27)22(13-25(18,6)24(21)28)16(4)7-9-19-15(3)8-10-20(19)17(5)26/h10,14-16,18-19,21-22H,7-9,11-13H2,1-6H3/t15?,16?,18-,19?,21+,22-,25-/m1/s1. The van der Waals surface area contributed by atoms with Crippen LogP contribution in [0, 0.1) is 46.8 Å². The van der Waals surface area contributed by atoms with E-state index in [1.165, 1.54) is 0 Å². The molecule has 0 radical (unpaired) electrons. The van der Waals surface area contributed by atoms with Crippen LogP contribution in [0.3, 0.4) is 0 Å². The highest BCUT2D eigenvalue weighted by Gasteiger charge is 2.56. The van der Waals surface area contributed by atoms with Gasteiger partial charge in [0.25, 0.3) is 0 Å². The fourth-order valence-electron chi connectivity index (χ4n) is 6.36. The van der Waals surface area contributed by atoms with Gasteiger partial charge in [-0.15, -0.1) is 0 Å². The Kier molecular flexibility index (Phi) is 6.04. The molecule has 3 aliphatic carbocycles. The second kappa shape index (κ2) is 7.88. The molecule has 3 unspecified atom stereocenters. The van der Waals surface area contributed by atoms with Gasteiger partial charge in [0.2, 0.25) is 0 Å². The van der Waals surface area contributed by atoms with Crippen LogP contribution in [-0.4, -0.2) is 17.3 Å². The van der Waals surface area contributed by atoms with Crippen LogP contribution < -0.4 is 0 Å². The van der Waals surface area contributed by atoms with Crippen LogP contribution in [0.5, 0.6) is 0 Å². The molecule has 3 heteroatoms. The Balaban J connectivity index is 1.67. The normalized spacial score (nSPS) is 39.2. The topological polar surface area (TPSA) is 51.2 Å². The average molecular weight is 387 g/mol. The highest BCUT2D eigenvalue weighted by molar-refractivity contribution is 5.94. The number of carbonyl (C=O) groups excluding carboxylic acids is 3. The molecular formula is C25H38O3. The minimum absolute atomic E-state index is 0.00224. The third kappa shape index (κ3) is 3.66. The highest BCUT2D eigenvalue weighted by Crippen LogP contribution is 2.55. The predicted octanol–water partition coefficient (Wildman–Crippen LogP) is 5.42. The zero-order valence-corrected chi connectivity index (χ0v) is 18.6. The fraction of sp³-hybridized carbons (Fsp3) is 0.800. The molecule has 7 atom stereocenters. The van der Waals surface area contributed by atoms with E-state index in [0.717, 1.165) is 37.7 Å². The van der Waals surface area contributed by atoms with E-state index < -0.39 is 0 Å². The Morgan fingerprint density at radius 3 is 2.50 bits per heavy atom. The zero-order valence-electron chi connectivity index (χ0n) is 18.6. The molecule has 3 rings (SSSR count). The number of rotatable bonds is 6. The molecule has 0 aromatic carbocycles. The summed E-state index contributed by atoms with van der Waals surface area (Å²) >= 11 is 0. The number of carbonyl (C=O) groups is 3. The van der Waals surface area contributed by atoms with Crippen molar-refractivity contribution >= 4 is 17.3 Å². The summed E-state index contributed by atoms with van der Waals surface area (Å²) in [6.07, 6.45) is 7.24. The lowest BCUT2D eigenvalue weighted by molar-refractivity contribution is -0.139. The molecule has 156 valence electrons. The van der Waals surface area contributed by atoms with E-state index in [1.54, 1.807) is 6.92 Å². The average Bonchev–Trinajstić information content (AvgIpc) is 3.11. The van der Waals surface area contributed by atoms with Crippen molar-refractivity contribution in [3.63, 3.8) is 0 Å². The summed E-state index contributed by atoms with van der Waals surface area (Å²) in [6, 6.07) is 0. The van der Waals surface area contributed by atoms with Crippen molar-refractivity contribution in [2.75, 3.05) is 0 Å². The fourth-order valence-corrected chi connectivity index (χ4v) is 6.36. The monoisotopic (exact) mass is 386 g/mol. The van der Waals surface area contributed by atoms with Crippen LogP contribution in [0.25, 0.3) is 0 Å². The number of Topliss-reactive ketones (excluding diaryl/α,β-unsaturated/α-hetero) is 3. The van der Waals surface area contributed by atoms with Crippen molar-refractivity contribution in [3.8, 4) is 0 Å². The molecular weight excluding hydrogens is 348 g/mol. The number of fused-ring (bicyclic) bond motifs is 1. The van der Waals surface area contributed by atoms with Gasteiger partial charge in [-0.2, -0.15) is 0 Å². The number of hydrogen-bond acceptors (Lipinski definition) is 3. The van der Waals surface area contributed by atoms with E-state index in [9.17, 15) is 14.4 Å². The minimum Gasteiger partial charge on any atom is -0.299 e. The Labute approximate surface area is 170 Å². The number of allylic oxidation sites excluding steroid dienone is 2. The molecule has 0 spiro atoms. The number of hydrogen-bond donors (Lipinski definition) is 0. The first-order chi connectivity index (χ1) is 13.1. The van der Waals surface area contributed by atoms with E-state index in [0.29, 0.717) is 35.7 Å². The maximum Gasteiger partial charge on any atom is 0.155 e. The van der Waals surface area contributed by atoms with Gasteiger partial charge >= 0.3 is 0 Å². The second-order valence-electron chi connectivity index (χ2n) is 10.6. The molecule has 3 nitrogen and oxygen atoms in total. The summed E-state index contributed by atoms with van der Waals surface area (Å²) in [5, 5.41) is 0. The maximum absolute atomic E-state index is 13.1. The van der Waals surface area contributed by atoms with Crippen molar-refractivity contribution in [2.24, 2.45) is 46.8 Å². The first kappa shape index (κ1) is 21.5. The molecule has 2 fully saturated rings. The lowest BCUT2D eigenvalue weighted by Crippen LogP contribution is -2.43. The molecule has 0 aromatic rings. The van der Waals surface area contributed by atoms with Crippen LogP contribution in [0.4, 0.5) is 0 Å². The largest absolute Gasteiger partial charge is 0.299 e. The van der Waals surface area contributed by atoms with Crippen molar-refractivity contribution in [3.05, 3.63) is 11.6 Å². The summed E-state index contributed by atoms with van der Waals surface area (Å²) in [6.45, 7) is 12.5. The molecule has 0 bridgehead atoms.